The quantitative estimate of drug-likeness (QED) is 0.776. The van der Waals surface area contributed by atoms with Crippen LogP contribution in [0.5, 0.6) is 0 Å². The van der Waals surface area contributed by atoms with E-state index >= 15 is 0 Å². The molecule has 1 saturated carbocycles. The molecule has 3 aromatic rings. The molecule has 1 aromatic carbocycles. The number of amides is 1. The summed E-state index contributed by atoms with van der Waals surface area (Å²) in [6, 6.07) is 5.70. The Morgan fingerprint density at radius 2 is 2.17 bits per heavy atom. The summed E-state index contributed by atoms with van der Waals surface area (Å²) < 4.78 is 2.63. The highest BCUT2D eigenvalue weighted by molar-refractivity contribution is 7.21. The molecule has 118 valence electrons. The standard InChI is InChI=1S/C16H15ClN4OS/c1-8-3-6-11(17)14-13(8)19-16(23-14)21-12(7-9(2)20-21)18-15(22)10-4-5-10/h3,6-7,10H,4-5H2,1-2H3,(H,18,22). The molecule has 0 radical (unpaired) electrons. The van der Waals surface area contributed by atoms with Gasteiger partial charge in [-0.15, -0.1) is 0 Å². The molecule has 23 heavy (non-hydrogen) atoms. The summed E-state index contributed by atoms with van der Waals surface area (Å²) in [6.07, 6.45) is 1.93. The van der Waals surface area contributed by atoms with Crippen LogP contribution in [0.1, 0.15) is 24.1 Å². The van der Waals surface area contributed by atoms with E-state index in [4.69, 9.17) is 11.6 Å². The molecular formula is C16H15ClN4OS. The third-order valence-corrected chi connectivity index (χ3v) is 5.39. The van der Waals surface area contributed by atoms with E-state index in [1.165, 1.54) is 11.3 Å². The number of fused-ring (bicyclic) bond motifs is 1. The van der Waals surface area contributed by atoms with Crippen LogP contribution in [-0.4, -0.2) is 20.7 Å². The lowest BCUT2D eigenvalue weighted by Gasteiger charge is -2.05. The number of aromatic nitrogens is 3. The summed E-state index contributed by atoms with van der Waals surface area (Å²) in [5.74, 6) is 0.861. The molecule has 0 aliphatic heterocycles. The van der Waals surface area contributed by atoms with Crippen LogP contribution in [0.2, 0.25) is 5.02 Å². The van der Waals surface area contributed by atoms with Crippen molar-refractivity contribution in [3.8, 4) is 5.13 Å². The van der Waals surface area contributed by atoms with Crippen LogP contribution in [0.15, 0.2) is 18.2 Å². The first-order valence-corrected chi connectivity index (χ1v) is 8.66. The highest BCUT2D eigenvalue weighted by atomic mass is 35.5. The van der Waals surface area contributed by atoms with E-state index in [1.54, 1.807) is 4.68 Å². The number of aryl methyl sites for hydroxylation is 2. The molecule has 0 unspecified atom stereocenters. The summed E-state index contributed by atoms with van der Waals surface area (Å²) in [4.78, 5) is 16.7. The first kappa shape index (κ1) is 14.7. The highest BCUT2D eigenvalue weighted by Crippen LogP contribution is 2.35. The zero-order chi connectivity index (χ0) is 16.1. The van der Waals surface area contributed by atoms with E-state index < -0.39 is 0 Å². The minimum absolute atomic E-state index is 0.0569. The second-order valence-electron chi connectivity index (χ2n) is 5.88. The van der Waals surface area contributed by atoms with Crippen LogP contribution in [0, 0.1) is 19.8 Å². The number of carbonyl (C=O) groups is 1. The molecule has 7 heteroatoms. The van der Waals surface area contributed by atoms with Crippen LogP contribution in [-0.2, 0) is 4.79 Å². The van der Waals surface area contributed by atoms with E-state index in [0.717, 1.165) is 34.3 Å². The average molecular weight is 347 g/mol. The van der Waals surface area contributed by atoms with Gasteiger partial charge in [0, 0.05) is 12.0 Å². The van der Waals surface area contributed by atoms with Crippen molar-refractivity contribution in [2.75, 3.05) is 5.32 Å². The second kappa shape index (κ2) is 5.32. The Kier molecular flexibility index (Phi) is 3.39. The zero-order valence-electron chi connectivity index (χ0n) is 12.8. The summed E-state index contributed by atoms with van der Waals surface area (Å²) >= 11 is 7.76. The number of hydrogen-bond acceptors (Lipinski definition) is 4. The minimum Gasteiger partial charge on any atom is -0.310 e. The SMILES string of the molecule is Cc1cc(NC(=O)C2CC2)n(-c2nc3c(C)ccc(Cl)c3s2)n1. The van der Waals surface area contributed by atoms with Crippen molar-refractivity contribution in [3.05, 3.63) is 34.5 Å². The van der Waals surface area contributed by atoms with Gasteiger partial charge in [0.25, 0.3) is 0 Å². The van der Waals surface area contributed by atoms with E-state index in [-0.39, 0.29) is 11.8 Å². The van der Waals surface area contributed by atoms with Gasteiger partial charge in [0.2, 0.25) is 11.0 Å². The van der Waals surface area contributed by atoms with Crippen molar-refractivity contribution in [1.29, 1.82) is 0 Å². The van der Waals surface area contributed by atoms with E-state index in [9.17, 15) is 4.79 Å². The summed E-state index contributed by atoms with van der Waals surface area (Å²) in [6.45, 7) is 3.90. The molecular weight excluding hydrogens is 332 g/mol. The van der Waals surface area contributed by atoms with Gasteiger partial charge in [0.1, 0.15) is 5.82 Å². The van der Waals surface area contributed by atoms with Crippen molar-refractivity contribution < 1.29 is 4.79 Å². The smallest absolute Gasteiger partial charge is 0.228 e. The van der Waals surface area contributed by atoms with Crippen LogP contribution >= 0.6 is 22.9 Å². The fourth-order valence-corrected chi connectivity index (χ4v) is 3.77. The Morgan fingerprint density at radius 3 is 2.87 bits per heavy atom. The molecule has 1 fully saturated rings. The number of anilines is 1. The van der Waals surface area contributed by atoms with Gasteiger partial charge in [0.05, 0.1) is 20.9 Å². The van der Waals surface area contributed by atoms with Crippen LogP contribution in [0.4, 0.5) is 5.82 Å². The number of hydrogen-bond donors (Lipinski definition) is 1. The normalized spacial score (nSPS) is 14.4. The van der Waals surface area contributed by atoms with Crippen molar-refractivity contribution >= 4 is 44.9 Å². The Bertz CT molecular complexity index is 887. The lowest BCUT2D eigenvalue weighted by Crippen LogP contribution is -2.16. The molecule has 1 aliphatic carbocycles. The predicted octanol–water partition coefficient (Wildman–Crippen LogP) is 4.10. The maximum atomic E-state index is 12.1. The van der Waals surface area contributed by atoms with Gasteiger partial charge in [-0.3, -0.25) is 4.79 Å². The fraction of sp³-hybridized carbons (Fsp3) is 0.312. The van der Waals surface area contributed by atoms with Crippen molar-refractivity contribution in [2.45, 2.75) is 26.7 Å². The van der Waals surface area contributed by atoms with Crippen LogP contribution < -0.4 is 5.32 Å². The molecule has 2 heterocycles. The topological polar surface area (TPSA) is 59.8 Å². The molecule has 0 saturated heterocycles. The fourth-order valence-electron chi connectivity index (χ4n) is 2.49. The number of nitrogens with zero attached hydrogens (tertiary/aromatic N) is 3. The van der Waals surface area contributed by atoms with Crippen molar-refractivity contribution in [3.63, 3.8) is 0 Å². The minimum atomic E-state index is 0.0569. The Labute approximate surface area is 142 Å². The van der Waals surface area contributed by atoms with Crippen LogP contribution in [0.3, 0.4) is 0 Å². The lowest BCUT2D eigenvalue weighted by atomic mass is 10.2. The molecule has 5 nitrogen and oxygen atoms in total. The van der Waals surface area contributed by atoms with Crippen LogP contribution in [0.25, 0.3) is 15.3 Å². The maximum absolute atomic E-state index is 12.1. The first-order valence-electron chi connectivity index (χ1n) is 7.46. The molecule has 0 spiro atoms. The zero-order valence-corrected chi connectivity index (χ0v) is 14.3. The monoisotopic (exact) mass is 346 g/mol. The lowest BCUT2D eigenvalue weighted by molar-refractivity contribution is -0.117. The number of thiazole rings is 1. The predicted molar refractivity (Wildman–Crippen MR) is 92.6 cm³/mol. The number of halogens is 1. The Morgan fingerprint density at radius 1 is 1.39 bits per heavy atom. The number of carbonyl (C=O) groups excluding carboxylic acids is 1. The van der Waals surface area contributed by atoms with E-state index in [1.807, 2.05) is 32.0 Å². The second-order valence-corrected chi connectivity index (χ2v) is 7.27. The van der Waals surface area contributed by atoms with Gasteiger partial charge >= 0.3 is 0 Å². The third kappa shape index (κ3) is 2.62. The highest BCUT2D eigenvalue weighted by Gasteiger charge is 2.30. The van der Waals surface area contributed by atoms with Gasteiger partial charge in [-0.05, 0) is 38.3 Å². The van der Waals surface area contributed by atoms with Crippen molar-refractivity contribution in [1.82, 2.24) is 14.8 Å². The van der Waals surface area contributed by atoms with Gasteiger partial charge in [0.15, 0.2) is 0 Å². The molecule has 0 bridgehead atoms. The van der Waals surface area contributed by atoms with Crippen molar-refractivity contribution in [2.24, 2.45) is 5.92 Å². The number of rotatable bonds is 3. The Hall–Kier alpha value is -1.92. The summed E-state index contributed by atoms with van der Waals surface area (Å²) in [5.41, 5.74) is 2.78. The first-order chi connectivity index (χ1) is 11.0. The molecule has 0 atom stereocenters. The van der Waals surface area contributed by atoms with Gasteiger partial charge in [-0.25, -0.2) is 4.98 Å². The Balaban J connectivity index is 1.79. The summed E-state index contributed by atoms with van der Waals surface area (Å²) in [5, 5.41) is 8.82. The third-order valence-electron chi connectivity index (χ3n) is 3.90. The van der Waals surface area contributed by atoms with Gasteiger partial charge in [-0.2, -0.15) is 9.78 Å². The molecule has 2 aromatic heterocycles. The summed E-state index contributed by atoms with van der Waals surface area (Å²) in [7, 11) is 0. The molecule has 1 N–H and O–H groups in total. The largest absolute Gasteiger partial charge is 0.310 e. The van der Waals surface area contributed by atoms with Gasteiger partial charge < -0.3 is 5.32 Å². The number of benzene rings is 1. The number of nitrogens with one attached hydrogen (secondary N) is 1. The van der Waals surface area contributed by atoms with Gasteiger partial charge in [-0.1, -0.05) is 29.0 Å². The van der Waals surface area contributed by atoms with E-state index in [0.29, 0.717) is 16.0 Å². The molecule has 1 aliphatic rings. The maximum Gasteiger partial charge on any atom is 0.228 e. The molecule has 1 amide bonds. The van der Waals surface area contributed by atoms with E-state index in [2.05, 4.69) is 15.4 Å². The average Bonchev–Trinajstić information content (AvgIpc) is 3.16. The molecule has 4 rings (SSSR count).